The molecule has 1 amide bonds. The molecule has 0 spiro atoms. The second-order valence-corrected chi connectivity index (χ2v) is 2.77. The quantitative estimate of drug-likeness (QED) is 0.678. The van der Waals surface area contributed by atoms with Crippen molar-refractivity contribution in [3.63, 3.8) is 0 Å². The summed E-state index contributed by atoms with van der Waals surface area (Å²) in [5.41, 5.74) is 0.277. The molecular weight excluding hydrogens is 192 g/mol. The lowest BCUT2D eigenvalue weighted by molar-refractivity contribution is 0.0811. The summed E-state index contributed by atoms with van der Waals surface area (Å²) in [4.78, 5) is 12.7. The Labute approximate surface area is 80.3 Å². The molecule has 13 heavy (non-hydrogen) atoms. The molecule has 0 bridgehead atoms. The van der Waals surface area contributed by atoms with Gasteiger partial charge in [-0.25, -0.2) is 0 Å². The maximum absolute atomic E-state index is 11.4. The molecule has 0 aromatic carbocycles. The van der Waals surface area contributed by atoms with E-state index in [1.165, 1.54) is 24.3 Å². The van der Waals surface area contributed by atoms with Crippen LogP contribution in [0.4, 0.5) is 0 Å². The standard InChI is InChI=1S/C8H7ClN2O2/c1-11(4-3-10)8(12)6-2-5-13-7(6)9/h2,5H,4H2,1H3. The van der Waals surface area contributed by atoms with E-state index in [1.54, 1.807) is 0 Å². The second-order valence-electron chi connectivity index (χ2n) is 2.43. The van der Waals surface area contributed by atoms with Gasteiger partial charge in [0.05, 0.1) is 17.9 Å². The number of furan rings is 1. The summed E-state index contributed by atoms with van der Waals surface area (Å²) in [6.07, 6.45) is 1.33. The highest BCUT2D eigenvalue weighted by atomic mass is 35.5. The third-order valence-corrected chi connectivity index (χ3v) is 1.80. The summed E-state index contributed by atoms with van der Waals surface area (Å²) in [7, 11) is 1.52. The molecule has 0 atom stereocenters. The molecule has 1 aromatic rings. The van der Waals surface area contributed by atoms with Crippen molar-refractivity contribution in [2.45, 2.75) is 0 Å². The number of carbonyl (C=O) groups is 1. The summed E-state index contributed by atoms with van der Waals surface area (Å²) in [6, 6.07) is 3.33. The largest absolute Gasteiger partial charge is 0.452 e. The van der Waals surface area contributed by atoms with Gasteiger partial charge < -0.3 is 9.32 Å². The predicted octanol–water partition coefficient (Wildman–Crippen LogP) is 1.53. The van der Waals surface area contributed by atoms with Crippen LogP contribution in [0, 0.1) is 11.3 Å². The van der Waals surface area contributed by atoms with Crippen molar-refractivity contribution >= 4 is 17.5 Å². The monoisotopic (exact) mass is 198 g/mol. The summed E-state index contributed by atoms with van der Waals surface area (Å²) in [5, 5.41) is 8.40. The average molecular weight is 199 g/mol. The fourth-order valence-electron chi connectivity index (χ4n) is 0.830. The lowest BCUT2D eigenvalue weighted by Gasteiger charge is -2.10. The van der Waals surface area contributed by atoms with Gasteiger partial charge >= 0.3 is 0 Å². The topological polar surface area (TPSA) is 57.2 Å². The van der Waals surface area contributed by atoms with Crippen molar-refractivity contribution < 1.29 is 9.21 Å². The summed E-state index contributed by atoms with van der Waals surface area (Å²) in [5.74, 6) is -0.319. The Kier molecular flexibility index (Phi) is 2.93. The van der Waals surface area contributed by atoms with E-state index in [9.17, 15) is 4.79 Å². The Hall–Kier alpha value is -1.47. The first kappa shape index (κ1) is 9.62. The third-order valence-electron chi connectivity index (χ3n) is 1.50. The lowest BCUT2D eigenvalue weighted by atomic mass is 10.3. The highest BCUT2D eigenvalue weighted by Crippen LogP contribution is 2.17. The van der Waals surface area contributed by atoms with Crippen LogP contribution in [0.1, 0.15) is 10.4 Å². The molecule has 0 fully saturated rings. The molecule has 68 valence electrons. The molecule has 0 aliphatic heterocycles. The van der Waals surface area contributed by atoms with Gasteiger partial charge in [0.2, 0.25) is 5.22 Å². The highest BCUT2D eigenvalue weighted by molar-refractivity contribution is 6.32. The molecule has 1 rings (SSSR count). The van der Waals surface area contributed by atoms with Crippen LogP contribution in [-0.4, -0.2) is 24.4 Å². The lowest BCUT2D eigenvalue weighted by Crippen LogP contribution is -2.26. The summed E-state index contributed by atoms with van der Waals surface area (Å²) >= 11 is 5.58. The molecule has 1 heterocycles. The Balaban J connectivity index is 2.81. The summed E-state index contributed by atoms with van der Waals surface area (Å²) < 4.78 is 4.75. The smallest absolute Gasteiger partial charge is 0.259 e. The van der Waals surface area contributed by atoms with Gasteiger partial charge in [-0.15, -0.1) is 0 Å². The molecule has 4 nitrogen and oxygen atoms in total. The summed E-state index contributed by atoms with van der Waals surface area (Å²) in [6.45, 7) is 0.0281. The number of hydrogen-bond donors (Lipinski definition) is 0. The molecule has 0 aliphatic carbocycles. The zero-order chi connectivity index (χ0) is 9.84. The molecular formula is C8H7ClN2O2. The minimum Gasteiger partial charge on any atom is -0.452 e. The predicted molar refractivity (Wildman–Crippen MR) is 46.3 cm³/mol. The van der Waals surface area contributed by atoms with Crippen molar-refractivity contribution in [3.8, 4) is 6.07 Å². The third kappa shape index (κ3) is 2.01. The molecule has 0 unspecified atom stereocenters. The van der Waals surface area contributed by atoms with E-state index in [2.05, 4.69) is 0 Å². The fourth-order valence-corrected chi connectivity index (χ4v) is 1.02. The highest BCUT2D eigenvalue weighted by Gasteiger charge is 2.16. The molecule has 0 saturated heterocycles. The normalized spacial score (nSPS) is 9.31. The molecule has 1 aromatic heterocycles. The first-order valence-corrected chi connectivity index (χ1v) is 3.90. The van der Waals surface area contributed by atoms with Gasteiger partial charge in [0.1, 0.15) is 6.54 Å². The van der Waals surface area contributed by atoms with E-state index in [0.717, 1.165) is 0 Å². The maximum Gasteiger partial charge on any atom is 0.259 e. The van der Waals surface area contributed by atoms with E-state index in [4.69, 9.17) is 21.3 Å². The van der Waals surface area contributed by atoms with Crippen LogP contribution < -0.4 is 0 Å². The minimum absolute atomic E-state index is 0.0281. The Bertz CT molecular complexity index is 353. The van der Waals surface area contributed by atoms with Crippen LogP contribution in [-0.2, 0) is 0 Å². The van der Waals surface area contributed by atoms with Gasteiger partial charge in [-0.05, 0) is 17.7 Å². The Morgan fingerprint density at radius 3 is 3.00 bits per heavy atom. The zero-order valence-electron chi connectivity index (χ0n) is 6.95. The van der Waals surface area contributed by atoms with Gasteiger partial charge in [-0.2, -0.15) is 5.26 Å². The van der Waals surface area contributed by atoms with Crippen LogP contribution in [0.3, 0.4) is 0 Å². The Morgan fingerprint density at radius 1 is 1.85 bits per heavy atom. The molecule has 0 N–H and O–H groups in total. The van der Waals surface area contributed by atoms with Crippen molar-refractivity contribution in [2.24, 2.45) is 0 Å². The van der Waals surface area contributed by atoms with Gasteiger partial charge in [-0.1, -0.05) is 0 Å². The van der Waals surface area contributed by atoms with Crippen molar-refractivity contribution in [1.82, 2.24) is 4.90 Å². The average Bonchev–Trinajstić information content (AvgIpc) is 2.50. The molecule has 5 heteroatoms. The van der Waals surface area contributed by atoms with Crippen molar-refractivity contribution in [2.75, 3.05) is 13.6 Å². The molecule has 0 aliphatic rings. The zero-order valence-corrected chi connectivity index (χ0v) is 7.71. The van der Waals surface area contributed by atoms with E-state index < -0.39 is 0 Å². The first-order valence-electron chi connectivity index (χ1n) is 3.52. The number of nitriles is 1. The van der Waals surface area contributed by atoms with E-state index in [0.29, 0.717) is 0 Å². The van der Waals surface area contributed by atoms with Crippen LogP contribution in [0.15, 0.2) is 16.7 Å². The van der Waals surface area contributed by atoms with Gasteiger partial charge in [-0.3, -0.25) is 4.79 Å². The van der Waals surface area contributed by atoms with E-state index >= 15 is 0 Å². The van der Waals surface area contributed by atoms with Crippen LogP contribution in [0.5, 0.6) is 0 Å². The number of carbonyl (C=O) groups excluding carboxylic acids is 1. The van der Waals surface area contributed by atoms with Gasteiger partial charge in [0, 0.05) is 7.05 Å². The SMILES string of the molecule is CN(CC#N)C(=O)c1ccoc1Cl. The van der Waals surface area contributed by atoms with Crippen LogP contribution in [0.25, 0.3) is 0 Å². The number of hydrogen-bond acceptors (Lipinski definition) is 3. The van der Waals surface area contributed by atoms with Crippen molar-refractivity contribution in [1.29, 1.82) is 5.26 Å². The van der Waals surface area contributed by atoms with Crippen LogP contribution >= 0.6 is 11.6 Å². The first-order chi connectivity index (χ1) is 6.16. The minimum atomic E-state index is -0.319. The van der Waals surface area contributed by atoms with E-state index in [1.807, 2.05) is 6.07 Å². The molecule has 0 radical (unpaired) electrons. The molecule has 0 saturated carbocycles. The number of amides is 1. The number of halogens is 1. The number of nitrogens with zero attached hydrogens (tertiary/aromatic N) is 2. The Morgan fingerprint density at radius 2 is 2.54 bits per heavy atom. The number of rotatable bonds is 2. The van der Waals surface area contributed by atoms with Gasteiger partial charge in [0.15, 0.2) is 0 Å². The van der Waals surface area contributed by atoms with Crippen LogP contribution in [0.2, 0.25) is 5.22 Å². The van der Waals surface area contributed by atoms with Crippen molar-refractivity contribution in [3.05, 3.63) is 23.1 Å². The second kappa shape index (κ2) is 3.97. The maximum atomic E-state index is 11.4. The van der Waals surface area contributed by atoms with E-state index in [-0.39, 0.29) is 23.2 Å². The fraction of sp³-hybridized carbons (Fsp3) is 0.250. The van der Waals surface area contributed by atoms with Gasteiger partial charge in [0.25, 0.3) is 5.91 Å².